The van der Waals surface area contributed by atoms with E-state index in [2.05, 4.69) is 4.74 Å². The minimum atomic E-state index is -4.98. The van der Waals surface area contributed by atoms with Crippen molar-refractivity contribution in [2.24, 2.45) is 0 Å². The molecule has 1 nitrogen and oxygen atoms in total. The molecule has 0 aliphatic heterocycles. The van der Waals surface area contributed by atoms with E-state index in [0.717, 1.165) is 24.3 Å². The lowest BCUT2D eigenvalue weighted by Gasteiger charge is -2.11. The number of hydrogen-bond donors (Lipinski definition) is 0. The Kier molecular flexibility index (Phi) is 3.80. The molecule has 21 heavy (non-hydrogen) atoms. The van der Waals surface area contributed by atoms with Crippen LogP contribution in [0.3, 0.4) is 0 Å². The molecule has 112 valence electrons. The lowest BCUT2D eigenvalue weighted by molar-refractivity contribution is -0.274. The van der Waals surface area contributed by atoms with E-state index in [4.69, 9.17) is 0 Å². The summed E-state index contributed by atoms with van der Waals surface area (Å²) in [6, 6.07) is 4.15. The van der Waals surface area contributed by atoms with Gasteiger partial charge in [-0.2, -0.15) is 0 Å². The van der Waals surface area contributed by atoms with E-state index in [-0.39, 0.29) is 5.56 Å². The van der Waals surface area contributed by atoms with Crippen molar-refractivity contribution in [2.45, 2.75) is 6.36 Å². The summed E-state index contributed by atoms with van der Waals surface area (Å²) in [6.07, 6.45) is -4.98. The van der Waals surface area contributed by atoms with Crippen molar-refractivity contribution in [1.82, 2.24) is 0 Å². The zero-order chi connectivity index (χ0) is 15.8. The largest absolute Gasteiger partial charge is 0.573 e. The number of halogens is 7. The molecular formula is C13H5F7O. The van der Waals surface area contributed by atoms with E-state index in [0.29, 0.717) is 6.07 Å². The minimum Gasteiger partial charge on any atom is -0.406 e. The van der Waals surface area contributed by atoms with Gasteiger partial charge in [-0.3, -0.25) is 0 Å². The van der Waals surface area contributed by atoms with E-state index in [1.807, 2.05) is 0 Å². The molecule has 0 saturated heterocycles. The summed E-state index contributed by atoms with van der Waals surface area (Å²) in [5.74, 6) is -8.13. The van der Waals surface area contributed by atoms with Crippen LogP contribution in [0.2, 0.25) is 0 Å². The molecule has 2 aromatic carbocycles. The summed E-state index contributed by atoms with van der Waals surface area (Å²) in [5.41, 5.74) is -1.02. The van der Waals surface area contributed by atoms with Crippen LogP contribution in [0.15, 0.2) is 30.3 Å². The Balaban J connectivity index is 2.51. The van der Waals surface area contributed by atoms with E-state index < -0.39 is 40.9 Å². The van der Waals surface area contributed by atoms with Gasteiger partial charge in [0.05, 0.1) is 0 Å². The third-order valence-electron chi connectivity index (χ3n) is 2.48. The van der Waals surface area contributed by atoms with E-state index in [1.165, 1.54) is 0 Å². The van der Waals surface area contributed by atoms with Gasteiger partial charge in [0.2, 0.25) is 0 Å². The summed E-state index contributed by atoms with van der Waals surface area (Å²) in [4.78, 5) is 0. The van der Waals surface area contributed by atoms with Gasteiger partial charge < -0.3 is 4.74 Å². The lowest BCUT2D eigenvalue weighted by Crippen LogP contribution is -2.17. The summed E-state index contributed by atoms with van der Waals surface area (Å²) in [6.45, 7) is 0. The fourth-order valence-corrected chi connectivity index (χ4v) is 1.64. The maximum absolute atomic E-state index is 13.6. The van der Waals surface area contributed by atoms with E-state index in [1.54, 1.807) is 0 Å². The smallest absolute Gasteiger partial charge is 0.406 e. The number of rotatable bonds is 2. The molecule has 0 N–H and O–H groups in total. The second-order valence-electron chi connectivity index (χ2n) is 3.92. The molecule has 2 rings (SSSR count). The molecular weight excluding hydrogens is 305 g/mol. The summed E-state index contributed by atoms with van der Waals surface area (Å²) in [5, 5.41) is 0. The van der Waals surface area contributed by atoms with Crippen molar-refractivity contribution in [2.75, 3.05) is 0 Å². The fraction of sp³-hybridized carbons (Fsp3) is 0.0769. The van der Waals surface area contributed by atoms with Gasteiger partial charge >= 0.3 is 6.36 Å². The number of benzene rings is 2. The Hall–Kier alpha value is -2.25. The lowest BCUT2D eigenvalue weighted by atomic mass is 10.0. The van der Waals surface area contributed by atoms with Gasteiger partial charge in [0.15, 0.2) is 23.3 Å². The van der Waals surface area contributed by atoms with Gasteiger partial charge in [-0.15, -0.1) is 13.2 Å². The third-order valence-corrected chi connectivity index (χ3v) is 2.48. The molecule has 0 unspecified atom stereocenters. The van der Waals surface area contributed by atoms with Crippen LogP contribution in [0.25, 0.3) is 11.1 Å². The molecule has 0 fully saturated rings. The first-order valence-electron chi connectivity index (χ1n) is 5.38. The maximum atomic E-state index is 13.6. The van der Waals surface area contributed by atoms with Crippen LogP contribution in [0.4, 0.5) is 30.7 Å². The summed E-state index contributed by atoms with van der Waals surface area (Å²) >= 11 is 0. The van der Waals surface area contributed by atoms with Crippen LogP contribution in [0, 0.1) is 23.3 Å². The highest BCUT2D eigenvalue weighted by Crippen LogP contribution is 2.31. The second-order valence-corrected chi connectivity index (χ2v) is 3.92. The molecule has 2 aromatic rings. The van der Waals surface area contributed by atoms with Crippen molar-refractivity contribution in [3.8, 4) is 16.9 Å². The Bertz CT molecular complexity index is 679. The number of hydrogen-bond acceptors (Lipinski definition) is 1. The molecule has 0 heterocycles. The molecule has 0 aliphatic carbocycles. The van der Waals surface area contributed by atoms with Crippen LogP contribution < -0.4 is 4.74 Å². The van der Waals surface area contributed by atoms with Crippen LogP contribution >= 0.6 is 0 Å². The fourth-order valence-electron chi connectivity index (χ4n) is 1.64. The highest BCUT2D eigenvalue weighted by Gasteiger charge is 2.31. The van der Waals surface area contributed by atoms with Gasteiger partial charge in [0, 0.05) is 5.56 Å². The molecule has 8 heteroatoms. The van der Waals surface area contributed by atoms with Gasteiger partial charge in [-0.05, 0) is 23.8 Å². The van der Waals surface area contributed by atoms with E-state index >= 15 is 0 Å². The van der Waals surface area contributed by atoms with Gasteiger partial charge in [-0.25, -0.2) is 17.6 Å². The highest BCUT2D eigenvalue weighted by molar-refractivity contribution is 5.66. The van der Waals surface area contributed by atoms with E-state index in [9.17, 15) is 30.7 Å². The number of ether oxygens (including phenoxy) is 1. The molecule has 0 amide bonds. The molecule has 0 aromatic heterocycles. The number of alkyl halides is 3. The third kappa shape index (κ3) is 3.26. The van der Waals surface area contributed by atoms with Crippen molar-refractivity contribution < 1.29 is 35.5 Å². The summed E-state index contributed by atoms with van der Waals surface area (Å²) < 4.78 is 92.4. The van der Waals surface area contributed by atoms with Crippen molar-refractivity contribution in [1.29, 1.82) is 0 Å². The maximum Gasteiger partial charge on any atom is 0.573 e. The Morgan fingerprint density at radius 3 is 2.10 bits per heavy atom. The molecule has 0 aliphatic rings. The first-order valence-corrected chi connectivity index (χ1v) is 5.38. The zero-order valence-corrected chi connectivity index (χ0v) is 9.94. The average molecular weight is 310 g/mol. The van der Waals surface area contributed by atoms with Crippen LogP contribution in [0.1, 0.15) is 0 Å². The second kappa shape index (κ2) is 5.27. The molecule has 0 radical (unpaired) electrons. The average Bonchev–Trinajstić information content (AvgIpc) is 2.39. The van der Waals surface area contributed by atoms with Gasteiger partial charge in [0.1, 0.15) is 5.75 Å². The first-order chi connectivity index (χ1) is 9.69. The Morgan fingerprint density at radius 2 is 1.48 bits per heavy atom. The molecule has 0 bridgehead atoms. The zero-order valence-electron chi connectivity index (χ0n) is 9.94. The highest BCUT2D eigenvalue weighted by atomic mass is 19.4. The van der Waals surface area contributed by atoms with Gasteiger partial charge in [-0.1, -0.05) is 12.1 Å². The Labute approximate surface area is 113 Å². The summed E-state index contributed by atoms with van der Waals surface area (Å²) in [7, 11) is 0. The van der Waals surface area contributed by atoms with Gasteiger partial charge in [0.25, 0.3) is 0 Å². The monoisotopic (exact) mass is 310 g/mol. The standard InChI is InChI=1S/C13H5F7O/c14-9-5-8(10(15)12(17)11(9)16)6-2-1-3-7(4-6)21-13(18,19)20/h1-5H. The minimum absolute atomic E-state index is 0.299. The normalized spacial score (nSPS) is 11.6. The molecule has 0 spiro atoms. The topological polar surface area (TPSA) is 9.23 Å². The van der Waals surface area contributed by atoms with Crippen LogP contribution in [0.5, 0.6) is 5.75 Å². The quantitative estimate of drug-likeness (QED) is 0.439. The SMILES string of the molecule is Fc1cc(-c2cccc(OC(F)(F)F)c2)c(F)c(F)c1F. The first kappa shape index (κ1) is 15.1. The predicted octanol–water partition coefficient (Wildman–Crippen LogP) is 4.81. The predicted molar refractivity (Wildman–Crippen MR) is 58.4 cm³/mol. The van der Waals surface area contributed by atoms with Crippen molar-refractivity contribution in [3.63, 3.8) is 0 Å². The molecule has 0 saturated carbocycles. The van der Waals surface area contributed by atoms with Crippen LogP contribution in [-0.2, 0) is 0 Å². The molecule has 0 atom stereocenters. The van der Waals surface area contributed by atoms with Crippen molar-refractivity contribution in [3.05, 3.63) is 53.6 Å². The Morgan fingerprint density at radius 1 is 0.810 bits per heavy atom. The van der Waals surface area contributed by atoms with Crippen LogP contribution in [-0.4, -0.2) is 6.36 Å². The van der Waals surface area contributed by atoms with Crippen molar-refractivity contribution >= 4 is 0 Å².